The first kappa shape index (κ1) is 10.3. The van der Waals surface area contributed by atoms with Crippen molar-refractivity contribution in [1.29, 1.82) is 0 Å². The maximum Gasteiger partial charge on any atom is 0.0721 e. The number of rotatable bonds is 2. The molecule has 2 N–H and O–H groups in total. The SMILES string of the molecule is c1ccc2c(c1)CN[C]2CC1CNCCO1. The van der Waals surface area contributed by atoms with Crippen molar-refractivity contribution >= 4 is 0 Å². The Kier molecular flexibility index (Phi) is 2.91. The Balaban J connectivity index is 1.68. The molecule has 1 fully saturated rings. The Morgan fingerprint density at radius 3 is 3.12 bits per heavy atom. The molecular formula is C13H17N2O. The monoisotopic (exact) mass is 217 g/mol. The molecule has 2 aliphatic heterocycles. The molecule has 2 aliphatic rings. The third-order valence-corrected chi connectivity index (χ3v) is 3.27. The van der Waals surface area contributed by atoms with Gasteiger partial charge >= 0.3 is 0 Å². The van der Waals surface area contributed by atoms with Crippen molar-refractivity contribution in [2.45, 2.75) is 19.1 Å². The zero-order valence-electron chi connectivity index (χ0n) is 9.33. The fourth-order valence-electron chi connectivity index (χ4n) is 2.43. The van der Waals surface area contributed by atoms with Crippen LogP contribution < -0.4 is 10.6 Å². The van der Waals surface area contributed by atoms with E-state index in [0.29, 0.717) is 6.10 Å². The largest absolute Gasteiger partial charge is 0.375 e. The minimum absolute atomic E-state index is 0.322. The van der Waals surface area contributed by atoms with E-state index in [0.717, 1.165) is 32.7 Å². The number of hydrogen-bond donors (Lipinski definition) is 2. The molecule has 1 aromatic carbocycles. The number of benzene rings is 1. The molecule has 1 radical (unpaired) electrons. The lowest BCUT2D eigenvalue weighted by Crippen LogP contribution is -2.40. The molecule has 16 heavy (non-hydrogen) atoms. The molecule has 0 bridgehead atoms. The van der Waals surface area contributed by atoms with Crippen LogP contribution in [0.25, 0.3) is 0 Å². The topological polar surface area (TPSA) is 33.3 Å². The molecule has 1 saturated heterocycles. The molecular weight excluding hydrogens is 200 g/mol. The second kappa shape index (κ2) is 4.53. The molecule has 3 heteroatoms. The summed E-state index contributed by atoms with van der Waals surface area (Å²) in [6, 6.07) is 9.92. The molecule has 3 rings (SSSR count). The summed E-state index contributed by atoms with van der Waals surface area (Å²) in [4.78, 5) is 0. The van der Waals surface area contributed by atoms with Gasteiger partial charge in [0.05, 0.1) is 18.8 Å². The minimum atomic E-state index is 0.322. The first-order valence-corrected chi connectivity index (χ1v) is 5.94. The van der Waals surface area contributed by atoms with Crippen LogP contribution in [0.2, 0.25) is 0 Å². The Hall–Kier alpha value is -0.900. The van der Waals surface area contributed by atoms with E-state index in [1.165, 1.54) is 17.2 Å². The van der Waals surface area contributed by atoms with E-state index in [9.17, 15) is 0 Å². The van der Waals surface area contributed by atoms with Crippen LogP contribution in [0.1, 0.15) is 17.5 Å². The van der Waals surface area contributed by atoms with E-state index in [4.69, 9.17) is 4.74 Å². The van der Waals surface area contributed by atoms with E-state index in [-0.39, 0.29) is 0 Å². The van der Waals surface area contributed by atoms with Crippen LogP contribution in [-0.2, 0) is 11.3 Å². The van der Waals surface area contributed by atoms with Crippen LogP contribution in [0.15, 0.2) is 24.3 Å². The molecule has 0 saturated carbocycles. The molecule has 0 spiro atoms. The van der Waals surface area contributed by atoms with Crippen molar-refractivity contribution in [3.05, 3.63) is 41.4 Å². The fourth-order valence-corrected chi connectivity index (χ4v) is 2.43. The summed E-state index contributed by atoms with van der Waals surface area (Å²) in [6.45, 7) is 3.74. The smallest absolute Gasteiger partial charge is 0.0721 e. The van der Waals surface area contributed by atoms with Gasteiger partial charge in [-0.3, -0.25) is 0 Å². The second-order valence-corrected chi connectivity index (χ2v) is 4.39. The molecule has 3 nitrogen and oxygen atoms in total. The van der Waals surface area contributed by atoms with Crippen LogP contribution in [0.3, 0.4) is 0 Å². The van der Waals surface area contributed by atoms with Crippen molar-refractivity contribution in [2.24, 2.45) is 0 Å². The van der Waals surface area contributed by atoms with E-state index >= 15 is 0 Å². The zero-order chi connectivity index (χ0) is 10.8. The van der Waals surface area contributed by atoms with Gasteiger partial charge in [0.25, 0.3) is 0 Å². The van der Waals surface area contributed by atoms with Crippen molar-refractivity contribution in [3.8, 4) is 0 Å². The number of hydrogen-bond acceptors (Lipinski definition) is 3. The van der Waals surface area contributed by atoms with Crippen molar-refractivity contribution in [2.75, 3.05) is 19.7 Å². The highest BCUT2D eigenvalue weighted by molar-refractivity contribution is 5.42. The Bertz CT molecular complexity index is 361. The van der Waals surface area contributed by atoms with Crippen molar-refractivity contribution < 1.29 is 4.74 Å². The maximum absolute atomic E-state index is 5.73. The minimum Gasteiger partial charge on any atom is -0.375 e. The highest BCUT2D eigenvalue weighted by Crippen LogP contribution is 2.28. The number of fused-ring (bicyclic) bond motifs is 1. The number of ether oxygens (including phenoxy) is 1. The van der Waals surface area contributed by atoms with Crippen molar-refractivity contribution in [1.82, 2.24) is 10.6 Å². The summed E-state index contributed by atoms with van der Waals surface area (Å²) in [7, 11) is 0. The van der Waals surface area contributed by atoms with E-state index in [2.05, 4.69) is 34.9 Å². The third-order valence-electron chi connectivity index (χ3n) is 3.27. The molecule has 85 valence electrons. The van der Waals surface area contributed by atoms with Gasteiger partial charge in [0.1, 0.15) is 0 Å². The first-order chi connectivity index (χ1) is 7.93. The van der Waals surface area contributed by atoms with Crippen LogP contribution in [0.4, 0.5) is 0 Å². The molecule has 2 heterocycles. The van der Waals surface area contributed by atoms with Gasteiger partial charge in [0, 0.05) is 19.6 Å². The predicted octanol–water partition coefficient (Wildman–Crippen LogP) is 1.05. The quantitative estimate of drug-likeness (QED) is 0.777. The van der Waals surface area contributed by atoms with Crippen molar-refractivity contribution in [3.63, 3.8) is 0 Å². The lowest BCUT2D eigenvalue weighted by molar-refractivity contribution is 0.0257. The van der Waals surface area contributed by atoms with E-state index < -0.39 is 0 Å². The van der Waals surface area contributed by atoms with Gasteiger partial charge < -0.3 is 15.4 Å². The van der Waals surface area contributed by atoms with Gasteiger partial charge in [-0.1, -0.05) is 24.3 Å². The fraction of sp³-hybridized carbons (Fsp3) is 0.462. The Morgan fingerprint density at radius 1 is 1.31 bits per heavy atom. The number of morpholine rings is 1. The van der Waals surface area contributed by atoms with Crippen LogP contribution in [0, 0.1) is 6.04 Å². The average molecular weight is 217 g/mol. The third kappa shape index (κ3) is 1.98. The van der Waals surface area contributed by atoms with Gasteiger partial charge in [-0.25, -0.2) is 0 Å². The second-order valence-electron chi connectivity index (χ2n) is 4.39. The zero-order valence-corrected chi connectivity index (χ0v) is 9.33. The van der Waals surface area contributed by atoms with Gasteiger partial charge in [-0.2, -0.15) is 0 Å². The Morgan fingerprint density at radius 2 is 2.25 bits per heavy atom. The number of nitrogens with one attached hydrogen (secondary N) is 2. The predicted molar refractivity (Wildman–Crippen MR) is 62.9 cm³/mol. The van der Waals surface area contributed by atoms with E-state index in [1.807, 2.05) is 0 Å². The Labute approximate surface area is 96.2 Å². The molecule has 1 atom stereocenters. The normalized spacial score (nSPS) is 25.6. The summed E-state index contributed by atoms with van der Waals surface area (Å²) >= 11 is 0. The van der Waals surface area contributed by atoms with Crippen LogP contribution >= 0.6 is 0 Å². The standard InChI is InChI=1S/C13H17N2O/c1-2-4-12-10(3-1)8-15-13(12)7-11-9-14-5-6-16-11/h1-4,11,14-15H,5-9H2. The summed E-state index contributed by atoms with van der Waals surface area (Å²) in [5.41, 5.74) is 2.78. The lowest BCUT2D eigenvalue weighted by atomic mass is 10.00. The molecule has 1 unspecified atom stereocenters. The first-order valence-electron chi connectivity index (χ1n) is 5.94. The molecule has 0 aliphatic carbocycles. The molecule has 1 aromatic rings. The highest BCUT2D eigenvalue weighted by Gasteiger charge is 2.26. The summed E-state index contributed by atoms with van der Waals surface area (Å²) in [5.74, 6) is 0. The van der Waals surface area contributed by atoms with Gasteiger partial charge in [-0.15, -0.1) is 0 Å². The lowest BCUT2D eigenvalue weighted by Gasteiger charge is -2.26. The summed E-state index contributed by atoms with van der Waals surface area (Å²) < 4.78 is 5.73. The van der Waals surface area contributed by atoms with Gasteiger partial charge in [-0.05, 0) is 17.5 Å². The van der Waals surface area contributed by atoms with E-state index in [1.54, 1.807) is 0 Å². The molecule has 0 amide bonds. The average Bonchev–Trinajstić information content (AvgIpc) is 2.74. The van der Waals surface area contributed by atoms with Gasteiger partial charge in [0.2, 0.25) is 0 Å². The summed E-state index contributed by atoms with van der Waals surface area (Å²) in [6.07, 6.45) is 1.31. The van der Waals surface area contributed by atoms with Crippen LogP contribution in [0.5, 0.6) is 0 Å². The maximum atomic E-state index is 5.73. The summed E-state index contributed by atoms with van der Waals surface area (Å²) in [5, 5.41) is 6.84. The highest BCUT2D eigenvalue weighted by atomic mass is 16.5. The van der Waals surface area contributed by atoms with Gasteiger partial charge in [0.15, 0.2) is 0 Å². The van der Waals surface area contributed by atoms with Crippen LogP contribution in [-0.4, -0.2) is 25.8 Å². The molecule has 0 aromatic heterocycles.